The molecule has 1 heterocycles. The lowest BCUT2D eigenvalue weighted by Crippen LogP contribution is -2.42. The van der Waals surface area contributed by atoms with Crippen molar-refractivity contribution >= 4 is 34.2 Å². The normalized spacial score (nSPS) is 9.62. The Labute approximate surface area is 102 Å². The van der Waals surface area contributed by atoms with Gasteiger partial charge in [0.05, 0.1) is 6.20 Å². The second-order valence-electron chi connectivity index (χ2n) is 2.77. The third-order valence-corrected chi connectivity index (χ3v) is 3.02. The Balaban J connectivity index is 2.69. The van der Waals surface area contributed by atoms with E-state index in [2.05, 4.69) is 10.4 Å². The summed E-state index contributed by atoms with van der Waals surface area (Å²) in [4.78, 5) is 15.4. The lowest BCUT2D eigenvalue weighted by atomic mass is 10.4. The van der Waals surface area contributed by atoms with Gasteiger partial charge < -0.3 is 5.21 Å². The van der Waals surface area contributed by atoms with Crippen molar-refractivity contribution in [1.82, 2.24) is 15.4 Å². The number of carbonyl (C=O) groups excluding carboxylic acids is 1. The van der Waals surface area contributed by atoms with Gasteiger partial charge in [0.15, 0.2) is 16.2 Å². The molecule has 0 unspecified atom stereocenters. The van der Waals surface area contributed by atoms with E-state index >= 15 is 0 Å². The predicted molar refractivity (Wildman–Crippen MR) is 64.5 cm³/mol. The molecule has 1 aromatic heterocycles. The molecule has 0 atom stereocenters. The van der Waals surface area contributed by atoms with Gasteiger partial charge >= 0.3 is 0 Å². The molecule has 1 amide bonds. The van der Waals surface area contributed by atoms with E-state index in [1.807, 2.05) is 0 Å². The van der Waals surface area contributed by atoms with Gasteiger partial charge in [-0.05, 0) is 6.26 Å². The van der Waals surface area contributed by atoms with Crippen molar-refractivity contribution in [2.75, 3.05) is 13.3 Å². The average Bonchev–Trinajstić information content (AvgIpc) is 2.27. The lowest BCUT2D eigenvalue weighted by molar-refractivity contribution is -0.606. The van der Waals surface area contributed by atoms with Crippen LogP contribution >= 0.6 is 24.0 Å². The van der Waals surface area contributed by atoms with Gasteiger partial charge in [-0.1, -0.05) is 24.0 Å². The Morgan fingerprint density at radius 1 is 1.75 bits per heavy atom. The first kappa shape index (κ1) is 12.7. The van der Waals surface area contributed by atoms with Gasteiger partial charge in [-0.2, -0.15) is 4.73 Å². The number of nitrogens with zero attached hydrogens (tertiary/aromatic N) is 3. The number of hydrogen-bond acceptors (Lipinski definition) is 5. The van der Waals surface area contributed by atoms with Crippen LogP contribution in [0.1, 0.15) is 10.5 Å². The van der Waals surface area contributed by atoms with Gasteiger partial charge in [0.2, 0.25) is 6.20 Å². The van der Waals surface area contributed by atoms with E-state index in [-0.39, 0.29) is 5.69 Å². The minimum Gasteiger partial charge on any atom is -0.619 e. The topological polar surface area (TPSA) is 72.2 Å². The summed E-state index contributed by atoms with van der Waals surface area (Å²) < 4.78 is 1.02. The highest BCUT2D eigenvalue weighted by molar-refractivity contribution is 8.22. The van der Waals surface area contributed by atoms with E-state index in [4.69, 9.17) is 12.2 Å². The molecular formula is C8H10N4O2S2. The van der Waals surface area contributed by atoms with Gasteiger partial charge in [0, 0.05) is 7.05 Å². The minimum absolute atomic E-state index is 0.0354. The molecule has 0 fully saturated rings. The van der Waals surface area contributed by atoms with Gasteiger partial charge in [-0.25, -0.2) is 4.98 Å². The number of carbonyl (C=O) groups is 1. The number of hydrogen-bond donors (Lipinski definition) is 1. The first-order chi connectivity index (χ1) is 7.54. The third-order valence-electron chi connectivity index (χ3n) is 1.63. The molecule has 8 heteroatoms. The molecule has 86 valence electrons. The van der Waals surface area contributed by atoms with Crippen LogP contribution < -0.4 is 10.2 Å². The molecule has 0 spiro atoms. The Hall–Kier alpha value is -1.41. The highest BCUT2D eigenvalue weighted by Crippen LogP contribution is 2.00. The van der Waals surface area contributed by atoms with Crippen molar-refractivity contribution in [2.24, 2.45) is 0 Å². The van der Waals surface area contributed by atoms with Crippen LogP contribution in [0.25, 0.3) is 0 Å². The molecule has 0 saturated carbocycles. The second kappa shape index (κ2) is 5.61. The second-order valence-corrected chi connectivity index (χ2v) is 4.21. The molecule has 0 aromatic carbocycles. The van der Waals surface area contributed by atoms with Crippen LogP contribution in [0.2, 0.25) is 0 Å². The Bertz CT molecular complexity index is 413. The number of hydrazine groups is 1. The van der Waals surface area contributed by atoms with Crippen LogP contribution in [-0.2, 0) is 0 Å². The van der Waals surface area contributed by atoms with E-state index in [0.29, 0.717) is 9.05 Å². The first-order valence-electron chi connectivity index (χ1n) is 4.22. The zero-order valence-electron chi connectivity index (χ0n) is 8.71. The fraction of sp³-hybridized carbons (Fsp3) is 0.250. The van der Waals surface area contributed by atoms with Gasteiger partial charge in [0.25, 0.3) is 5.91 Å². The summed E-state index contributed by atoms with van der Waals surface area (Å²) in [5, 5.41) is 12.3. The summed E-state index contributed by atoms with van der Waals surface area (Å²) in [5.41, 5.74) is 2.53. The van der Waals surface area contributed by atoms with Gasteiger partial charge in [-0.15, -0.1) is 0 Å². The van der Waals surface area contributed by atoms with Crippen molar-refractivity contribution < 1.29 is 9.52 Å². The summed E-state index contributed by atoms with van der Waals surface area (Å²) in [7, 11) is 1.62. The maximum absolute atomic E-state index is 11.6. The Morgan fingerprint density at radius 2 is 2.44 bits per heavy atom. The van der Waals surface area contributed by atoms with Crippen LogP contribution in [0.15, 0.2) is 18.6 Å². The highest BCUT2D eigenvalue weighted by Gasteiger charge is 2.13. The molecular weight excluding hydrogens is 248 g/mol. The molecule has 0 aliphatic heterocycles. The van der Waals surface area contributed by atoms with Crippen molar-refractivity contribution in [1.29, 1.82) is 0 Å². The number of rotatable bonds is 1. The fourth-order valence-electron chi connectivity index (χ4n) is 0.886. The lowest BCUT2D eigenvalue weighted by Gasteiger charge is -2.18. The SMILES string of the molecule is CSC(=S)N(C)NC(=O)c1c[n+]([O-])ccn1. The third kappa shape index (κ3) is 3.31. The Kier molecular flexibility index (Phi) is 4.44. The van der Waals surface area contributed by atoms with Crippen molar-refractivity contribution in [2.45, 2.75) is 0 Å². The summed E-state index contributed by atoms with van der Waals surface area (Å²) in [6.45, 7) is 0. The molecule has 0 aliphatic rings. The van der Waals surface area contributed by atoms with Crippen LogP contribution in [0.3, 0.4) is 0 Å². The van der Waals surface area contributed by atoms with Crippen molar-refractivity contribution in [3.8, 4) is 0 Å². The first-order valence-corrected chi connectivity index (χ1v) is 5.85. The summed E-state index contributed by atoms with van der Waals surface area (Å²) in [5.74, 6) is -0.482. The van der Waals surface area contributed by atoms with Crippen molar-refractivity contribution in [3.05, 3.63) is 29.5 Å². The number of amides is 1. The van der Waals surface area contributed by atoms with E-state index in [9.17, 15) is 10.0 Å². The molecule has 1 rings (SSSR count). The zero-order chi connectivity index (χ0) is 12.1. The Morgan fingerprint density at radius 3 is 3.00 bits per heavy atom. The molecule has 0 bridgehead atoms. The largest absolute Gasteiger partial charge is 0.619 e. The summed E-state index contributed by atoms with van der Waals surface area (Å²) in [6.07, 6.45) is 5.35. The number of thioether (sulfide) groups is 1. The number of nitrogens with one attached hydrogen (secondary N) is 1. The van der Waals surface area contributed by atoms with Crippen LogP contribution in [0.4, 0.5) is 0 Å². The van der Waals surface area contributed by atoms with E-state index in [1.165, 1.54) is 29.2 Å². The standard InChI is InChI=1S/C8H10N4O2S2/c1-11(8(15)16-2)10-7(13)6-5-12(14)4-3-9-6/h3-5H,1-2H3,(H,10,13). The predicted octanol–water partition coefficient (Wildman–Crippen LogP) is -0.0605. The molecule has 0 saturated heterocycles. The quantitative estimate of drug-likeness (QED) is 0.329. The smallest absolute Gasteiger partial charge is 0.294 e. The minimum atomic E-state index is -0.482. The highest BCUT2D eigenvalue weighted by atomic mass is 32.2. The van der Waals surface area contributed by atoms with Crippen molar-refractivity contribution in [3.63, 3.8) is 0 Å². The van der Waals surface area contributed by atoms with E-state index in [1.54, 1.807) is 13.3 Å². The summed E-state index contributed by atoms with van der Waals surface area (Å²) >= 11 is 6.29. The maximum Gasteiger partial charge on any atom is 0.294 e. The summed E-state index contributed by atoms with van der Waals surface area (Å²) in [6, 6.07) is 0. The molecule has 16 heavy (non-hydrogen) atoms. The molecule has 1 N–H and O–H groups in total. The monoisotopic (exact) mass is 258 g/mol. The van der Waals surface area contributed by atoms with E-state index in [0.717, 1.165) is 6.20 Å². The van der Waals surface area contributed by atoms with E-state index < -0.39 is 5.91 Å². The average molecular weight is 258 g/mol. The molecule has 0 aliphatic carbocycles. The van der Waals surface area contributed by atoms with Gasteiger partial charge in [0.1, 0.15) is 0 Å². The fourth-order valence-corrected chi connectivity index (χ4v) is 1.25. The number of thiocarbonyl (C=S) groups is 1. The van der Waals surface area contributed by atoms with Crippen LogP contribution in [-0.4, -0.2) is 33.5 Å². The van der Waals surface area contributed by atoms with Gasteiger partial charge in [-0.3, -0.25) is 15.2 Å². The maximum atomic E-state index is 11.6. The molecule has 1 aromatic rings. The van der Waals surface area contributed by atoms with Crippen LogP contribution in [0, 0.1) is 5.21 Å². The number of aromatic nitrogens is 2. The molecule has 6 nitrogen and oxygen atoms in total. The van der Waals surface area contributed by atoms with Crippen LogP contribution in [0.5, 0.6) is 0 Å². The zero-order valence-corrected chi connectivity index (χ0v) is 10.3. The molecule has 0 radical (unpaired) electrons.